The Morgan fingerprint density at radius 2 is 1.76 bits per heavy atom. The van der Waals surface area contributed by atoms with E-state index in [2.05, 4.69) is 20.7 Å². The van der Waals surface area contributed by atoms with E-state index in [0.29, 0.717) is 22.9 Å². The third kappa shape index (κ3) is 5.71. The van der Waals surface area contributed by atoms with Crippen LogP contribution >= 0.6 is 0 Å². The molecular formula is C26H22F3N5O3. The number of hydrogen-bond acceptors (Lipinski definition) is 5. The first-order valence-electron chi connectivity index (χ1n) is 11.7. The number of nitrogens with one attached hydrogen (secondary N) is 2. The highest BCUT2D eigenvalue weighted by molar-refractivity contribution is 6.04. The van der Waals surface area contributed by atoms with Crippen molar-refractivity contribution in [3.63, 3.8) is 0 Å². The molecule has 4 aromatic rings. The SMILES string of the molecule is O=C(Nc1cccc(Oc2ccc3nc(NC(=O)C4CCCC4)cn3n2)c1)c1cccc(C(F)(F)F)c1. The summed E-state index contributed by atoms with van der Waals surface area (Å²) in [4.78, 5) is 29.2. The van der Waals surface area contributed by atoms with Crippen molar-refractivity contribution in [2.45, 2.75) is 31.9 Å². The predicted octanol–water partition coefficient (Wildman–Crippen LogP) is 5.92. The number of benzene rings is 2. The fourth-order valence-corrected chi connectivity index (χ4v) is 4.19. The third-order valence-corrected chi connectivity index (χ3v) is 6.04. The van der Waals surface area contributed by atoms with E-state index >= 15 is 0 Å². The highest BCUT2D eigenvalue weighted by atomic mass is 19.4. The fraction of sp³-hybridized carbons (Fsp3) is 0.231. The van der Waals surface area contributed by atoms with Crippen molar-refractivity contribution in [3.8, 4) is 11.6 Å². The molecule has 0 unspecified atom stereocenters. The Morgan fingerprint density at radius 1 is 0.973 bits per heavy atom. The number of aromatic nitrogens is 3. The molecule has 0 aliphatic heterocycles. The maximum Gasteiger partial charge on any atom is 0.416 e. The van der Waals surface area contributed by atoms with E-state index < -0.39 is 17.6 Å². The molecule has 190 valence electrons. The van der Waals surface area contributed by atoms with Crippen LogP contribution in [0.15, 0.2) is 66.9 Å². The minimum atomic E-state index is -4.55. The minimum absolute atomic E-state index is 0.0120. The number of rotatable bonds is 6. The number of carbonyl (C=O) groups is 2. The van der Waals surface area contributed by atoms with Gasteiger partial charge in [0.15, 0.2) is 11.5 Å². The van der Waals surface area contributed by atoms with Gasteiger partial charge >= 0.3 is 6.18 Å². The number of halogens is 3. The Balaban J connectivity index is 1.26. The molecule has 2 N–H and O–H groups in total. The number of alkyl halides is 3. The quantitative estimate of drug-likeness (QED) is 0.336. The van der Waals surface area contributed by atoms with Gasteiger partial charge in [-0.2, -0.15) is 13.2 Å². The van der Waals surface area contributed by atoms with Gasteiger partial charge < -0.3 is 15.4 Å². The number of hydrogen-bond donors (Lipinski definition) is 2. The highest BCUT2D eigenvalue weighted by Crippen LogP contribution is 2.30. The standard InChI is InChI=1S/C26H22F3N5O3/c27-26(28,29)18-8-3-7-17(13-18)25(36)30-19-9-4-10-20(14-19)37-23-12-11-22-31-21(15-34(22)33-23)32-24(35)16-5-1-2-6-16/h3-4,7-16H,1-2,5-6H2,(H,30,36)(H,32,35). The molecule has 0 radical (unpaired) electrons. The van der Waals surface area contributed by atoms with Gasteiger partial charge in [-0.05, 0) is 49.2 Å². The molecule has 2 aromatic carbocycles. The second-order valence-corrected chi connectivity index (χ2v) is 8.73. The van der Waals surface area contributed by atoms with Crippen molar-refractivity contribution in [1.29, 1.82) is 0 Å². The molecule has 0 saturated heterocycles. The molecule has 37 heavy (non-hydrogen) atoms. The lowest BCUT2D eigenvalue weighted by atomic mass is 10.1. The van der Waals surface area contributed by atoms with Crippen LogP contribution in [0.5, 0.6) is 11.6 Å². The summed E-state index contributed by atoms with van der Waals surface area (Å²) >= 11 is 0. The summed E-state index contributed by atoms with van der Waals surface area (Å²) in [6.45, 7) is 0. The Kier molecular flexibility index (Phi) is 6.51. The summed E-state index contributed by atoms with van der Waals surface area (Å²) < 4.78 is 46.2. The van der Waals surface area contributed by atoms with Crippen molar-refractivity contribution in [2.24, 2.45) is 5.92 Å². The summed E-state index contributed by atoms with van der Waals surface area (Å²) in [6, 6.07) is 13.9. The summed E-state index contributed by atoms with van der Waals surface area (Å²) in [6.07, 6.45) is 0.934. The lowest BCUT2D eigenvalue weighted by Gasteiger charge is -2.10. The van der Waals surface area contributed by atoms with E-state index in [1.165, 1.54) is 22.7 Å². The van der Waals surface area contributed by atoms with Crippen molar-refractivity contribution in [3.05, 3.63) is 78.0 Å². The van der Waals surface area contributed by atoms with Gasteiger partial charge in [-0.25, -0.2) is 9.50 Å². The molecule has 0 atom stereocenters. The van der Waals surface area contributed by atoms with Crippen LogP contribution in [0.2, 0.25) is 0 Å². The second-order valence-electron chi connectivity index (χ2n) is 8.73. The molecule has 1 saturated carbocycles. The van der Waals surface area contributed by atoms with Crippen LogP contribution in [-0.2, 0) is 11.0 Å². The maximum absolute atomic E-state index is 13.0. The van der Waals surface area contributed by atoms with E-state index in [9.17, 15) is 22.8 Å². The van der Waals surface area contributed by atoms with Gasteiger partial charge in [-0.1, -0.05) is 25.0 Å². The molecule has 0 bridgehead atoms. The normalized spacial score (nSPS) is 14.0. The molecule has 11 heteroatoms. The van der Waals surface area contributed by atoms with Crippen LogP contribution < -0.4 is 15.4 Å². The molecule has 1 aliphatic carbocycles. The first-order chi connectivity index (χ1) is 17.7. The Hall–Kier alpha value is -4.41. The van der Waals surface area contributed by atoms with Gasteiger partial charge in [0.05, 0.1) is 11.8 Å². The molecule has 1 aliphatic rings. The predicted molar refractivity (Wildman–Crippen MR) is 129 cm³/mol. The zero-order valence-electron chi connectivity index (χ0n) is 19.5. The van der Waals surface area contributed by atoms with Crippen LogP contribution in [0.3, 0.4) is 0 Å². The zero-order valence-corrected chi connectivity index (χ0v) is 19.5. The first-order valence-corrected chi connectivity index (χ1v) is 11.7. The zero-order chi connectivity index (χ0) is 26.0. The summed E-state index contributed by atoms with van der Waals surface area (Å²) in [7, 11) is 0. The topological polar surface area (TPSA) is 97.6 Å². The van der Waals surface area contributed by atoms with E-state index in [1.807, 2.05) is 0 Å². The number of fused-ring (bicyclic) bond motifs is 1. The molecule has 0 spiro atoms. The molecule has 5 rings (SSSR count). The average Bonchev–Trinajstić information content (AvgIpc) is 3.54. The first kappa shape index (κ1) is 24.3. The largest absolute Gasteiger partial charge is 0.438 e. The van der Waals surface area contributed by atoms with Crippen LogP contribution in [0.4, 0.5) is 24.7 Å². The molecule has 8 nitrogen and oxygen atoms in total. The Bertz CT molecular complexity index is 1460. The van der Waals surface area contributed by atoms with Crippen LogP contribution in [0.1, 0.15) is 41.6 Å². The van der Waals surface area contributed by atoms with E-state index in [1.54, 1.807) is 36.5 Å². The Morgan fingerprint density at radius 3 is 2.54 bits per heavy atom. The second kappa shape index (κ2) is 9.92. The third-order valence-electron chi connectivity index (χ3n) is 6.04. The number of anilines is 2. The molecule has 1 fully saturated rings. The molecular weight excluding hydrogens is 487 g/mol. The number of amides is 2. The number of ether oxygens (including phenoxy) is 1. The molecule has 2 heterocycles. The van der Waals surface area contributed by atoms with Crippen molar-refractivity contribution >= 4 is 29.0 Å². The Labute approximate surface area is 209 Å². The summed E-state index contributed by atoms with van der Waals surface area (Å²) in [5, 5.41) is 9.77. The van der Waals surface area contributed by atoms with Crippen molar-refractivity contribution in [2.75, 3.05) is 10.6 Å². The maximum atomic E-state index is 13.0. The number of nitrogens with zero attached hydrogens (tertiary/aromatic N) is 3. The summed E-state index contributed by atoms with van der Waals surface area (Å²) in [5.74, 6) is 0.275. The van der Waals surface area contributed by atoms with E-state index in [-0.39, 0.29) is 23.3 Å². The van der Waals surface area contributed by atoms with Gasteiger partial charge in [0.25, 0.3) is 5.91 Å². The van der Waals surface area contributed by atoms with Gasteiger partial charge in [-0.3, -0.25) is 9.59 Å². The van der Waals surface area contributed by atoms with Crippen LogP contribution in [-0.4, -0.2) is 26.4 Å². The van der Waals surface area contributed by atoms with E-state index in [4.69, 9.17) is 4.74 Å². The van der Waals surface area contributed by atoms with E-state index in [0.717, 1.165) is 37.8 Å². The minimum Gasteiger partial charge on any atom is -0.438 e. The van der Waals surface area contributed by atoms with Gasteiger partial charge in [-0.15, -0.1) is 5.10 Å². The monoisotopic (exact) mass is 509 g/mol. The average molecular weight is 509 g/mol. The van der Waals surface area contributed by atoms with Crippen LogP contribution in [0.25, 0.3) is 5.65 Å². The lowest BCUT2D eigenvalue weighted by Crippen LogP contribution is -2.20. The van der Waals surface area contributed by atoms with Gasteiger partial charge in [0, 0.05) is 29.3 Å². The number of carbonyl (C=O) groups excluding carboxylic acids is 2. The highest BCUT2D eigenvalue weighted by Gasteiger charge is 2.31. The smallest absolute Gasteiger partial charge is 0.416 e. The summed E-state index contributed by atoms with van der Waals surface area (Å²) in [5.41, 5.74) is -0.166. The van der Waals surface area contributed by atoms with Crippen LogP contribution in [0, 0.1) is 5.92 Å². The lowest BCUT2D eigenvalue weighted by molar-refractivity contribution is -0.137. The van der Waals surface area contributed by atoms with Gasteiger partial charge in [0.2, 0.25) is 11.8 Å². The van der Waals surface area contributed by atoms with Crippen molar-refractivity contribution in [1.82, 2.24) is 14.6 Å². The number of imidazole rings is 1. The fourth-order valence-electron chi connectivity index (χ4n) is 4.19. The van der Waals surface area contributed by atoms with Crippen molar-refractivity contribution < 1.29 is 27.5 Å². The van der Waals surface area contributed by atoms with Gasteiger partial charge in [0.1, 0.15) is 5.75 Å². The molecule has 2 amide bonds. The molecule has 2 aromatic heterocycles.